The third-order valence-corrected chi connectivity index (χ3v) is 13.0. The molecule has 1 aliphatic heterocycles. The Bertz CT molecular complexity index is 1620. The smallest absolute Gasteiger partial charge is 0.410 e. The Morgan fingerprint density at radius 1 is 0.965 bits per heavy atom. The molecule has 1 aromatic rings. The first-order valence-corrected chi connectivity index (χ1v) is 21.7. The molecular formula is C40H66N6O10S. The van der Waals surface area contributed by atoms with E-state index < -0.39 is 75.5 Å². The van der Waals surface area contributed by atoms with Crippen molar-refractivity contribution in [3.8, 4) is 5.75 Å². The Hall–Kier alpha value is -3.80. The van der Waals surface area contributed by atoms with Crippen LogP contribution >= 0.6 is 0 Å². The molecule has 3 rings (SSSR count). The van der Waals surface area contributed by atoms with Gasteiger partial charge in [-0.25, -0.2) is 13.2 Å². The first-order valence-electron chi connectivity index (χ1n) is 20.2. The van der Waals surface area contributed by atoms with E-state index >= 15 is 0 Å². The van der Waals surface area contributed by atoms with Crippen molar-refractivity contribution >= 4 is 39.7 Å². The molecule has 57 heavy (non-hydrogen) atoms. The third kappa shape index (κ3) is 13.1. The molecule has 322 valence electrons. The number of rotatable bonds is 22. The molecule has 0 aromatic heterocycles. The second-order valence-corrected chi connectivity index (χ2v) is 17.8. The molecule has 5 N–H and O–H groups in total. The number of hydrogen-bond donors (Lipinski definition) is 4. The van der Waals surface area contributed by atoms with E-state index in [0.29, 0.717) is 44.3 Å². The summed E-state index contributed by atoms with van der Waals surface area (Å²) in [6, 6.07) is 3.44. The normalized spacial score (nSPS) is 19.4. The Labute approximate surface area is 338 Å². The van der Waals surface area contributed by atoms with Crippen LogP contribution in [0.25, 0.3) is 0 Å². The first kappa shape index (κ1) is 47.6. The van der Waals surface area contributed by atoms with Crippen LogP contribution in [0, 0.1) is 17.8 Å². The van der Waals surface area contributed by atoms with E-state index in [9.17, 15) is 32.4 Å². The SMILES string of the molecule is CCCNC(=O)Oc1ccc(C[C@H](NC(=O)[C@H](C)[C@@H](OC)[C@@H]2CCCN2C(=O)C[C@@H](OC)[C@H]([C@@H](C)CC)N(C)C(=O)[C@@H](N)C(C)C)C(=O)NS(=O)(=O)C2CC2)cc1. The van der Waals surface area contributed by atoms with Crippen LogP contribution in [0.5, 0.6) is 5.75 Å². The second-order valence-electron chi connectivity index (χ2n) is 15.8. The summed E-state index contributed by atoms with van der Waals surface area (Å²) in [5.74, 6) is -2.56. The van der Waals surface area contributed by atoms with E-state index in [-0.39, 0.29) is 42.2 Å². The van der Waals surface area contributed by atoms with Crippen molar-refractivity contribution in [1.29, 1.82) is 0 Å². The Morgan fingerprint density at radius 2 is 1.61 bits per heavy atom. The zero-order valence-electron chi connectivity index (χ0n) is 35.1. The van der Waals surface area contributed by atoms with Gasteiger partial charge in [-0.05, 0) is 61.6 Å². The average molecular weight is 823 g/mol. The van der Waals surface area contributed by atoms with Crippen LogP contribution in [0.1, 0.15) is 92.1 Å². The van der Waals surface area contributed by atoms with Gasteiger partial charge in [0.1, 0.15) is 11.8 Å². The maximum Gasteiger partial charge on any atom is 0.412 e. The quantitative estimate of drug-likeness (QED) is 0.133. The van der Waals surface area contributed by atoms with E-state index in [2.05, 4.69) is 15.4 Å². The number of nitrogens with zero attached hydrogens (tertiary/aromatic N) is 2. The first-order chi connectivity index (χ1) is 26.9. The molecule has 16 nitrogen and oxygen atoms in total. The van der Waals surface area contributed by atoms with Gasteiger partial charge in [0.05, 0.1) is 47.9 Å². The zero-order valence-corrected chi connectivity index (χ0v) is 35.9. The Kier molecular flexibility index (Phi) is 18.2. The molecule has 0 radical (unpaired) electrons. The van der Waals surface area contributed by atoms with Crippen molar-refractivity contribution in [1.82, 2.24) is 25.2 Å². The van der Waals surface area contributed by atoms with Gasteiger partial charge < -0.3 is 40.4 Å². The standard InChI is InChI=1S/C40H66N6O10S/c1-10-20-42-40(51)56-28-16-14-27(15-17-28)22-30(38(49)44-57(52,53)29-18-19-29)43-37(48)26(6)36(55-9)31-13-12-21-46(31)33(47)23-32(54-8)35(25(5)11-2)45(7)39(50)34(41)24(3)4/h14-17,24-26,29-32,34-36H,10-13,18-23,41H2,1-9H3,(H,42,51)(H,43,48)(H,44,49)/t25-,26+,30-,31-,32+,34-,35-,36+/m0/s1. The number of nitrogens with two attached hydrogens (primary N) is 1. The largest absolute Gasteiger partial charge is 0.412 e. The highest BCUT2D eigenvalue weighted by Gasteiger charge is 2.43. The van der Waals surface area contributed by atoms with Crippen LogP contribution in [0.4, 0.5) is 4.79 Å². The molecule has 1 aliphatic carbocycles. The number of hydrogen-bond acceptors (Lipinski definition) is 11. The number of likely N-dealkylation sites (N-methyl/N-ethyl adjacent to an activating group) is 1. The summed E-state index contributed by atoms with van der Waals surface area (Å²) in [5, 5.41) is 4.71. The summed E-state index contributed by atoms with van der Waals surface area (Å²) in [7, 11) is 0.762. The lowest BCUT2D eigenvalue weighted by Gasteiger charge is -2.40. The summed E-state index contributed by atoms with van der Waals surface area (Å²) in [6.45, 7) is 12.2. The minimum absolute atomic E-state index is 0.00592. The van der Waals surface area contributed by atoms with Crippen molar-refractivity contribution in [2.45, 2.75) is 135 Å². The van der Waals surface area contributed by atoms with Gasteiger partial charge in [0.2, 0.25) is 27.7 Å². The van der Waals surface area contributed by atoms with Gasteiger partial charge in [0.25, 0.3) is 5.91 Å². The predicted octanol–water partition coefficient (Wildman–Crippen LogP) is 2.72. The van der Waals surface area contributed by atoms with Gasteiger partial charge in [0.15, 0.2) is 0 Å². The van der Waals surface area contributed by atoms with E-state index in [1.165, 1.54) is 14.2 Å². The van der Waals surface area contributed by atoms with E-state index in [1.807, 2.05) is 34.6 Å². The number of benzene rings is 1. The number of ether oxygens (including phenoxy) is 3. The van der Waals surface area contributed by atoms with Gasteiger partial charge in [-0.2, -0.15) is 0 Å². The molecule has 1 saturated carbocycles. The third-order valence-electron chi connectivity index (χ3n) is 11.2. The van der Waals surface area contributed by atoms with Crippen molar-refractivity contribution < 1.29 is 46.6 Å². The molecule has 2 fully saturated rings. The fourth-order valence-electron chi connectivity index (χ4n) is 7.31. The minimum atomic E-state index is -3.93. The molecule has 0 spiro atoms. The maximum atomic E-state index is 14.1. The fourth-order valence-corrected chi connectivity index (χ4v) is 8.66. The van der Waals surface area contributed by atoms with Crippen LogP contribution in [0.2, 0.25) is 0 Å². The summed E-state index contributed by atoms with van der Waals surface area (Å²) >= 11 is 0. The number of likely N-dealkylation sites (tertiary alicyclic amines) is 1. The number of amides is 5. The lowest BCUT2D eigenvalue weighted by atomic mass is 9.89. The van der Waals surface area contributed by atoms with Crippen LogP contribution in [-0.2, 0) is 45.1 Å². The van der Waals surface area contributed by atoms with E-state index in [0.717, 1.165) is 12.8 Å². The molecule has 2 aliphatic rings. The molecule has 0 bridgehead atoms. The van der Waals surface area contributed by atoms with Gasteiger partial charge in [-0.3, -0.25) is 23.9 Å². The van der Waals surface area contributed by atoms with Gasteiger partial charge in [-0.15, -0.1) is 0 Å². The Morgan fingerprint density at radius 3 is 2.16 bits per heavy atom. The van der Waals surface area contributed by atoms with Crippen LogP contribution < -0.4 is 25.8 Å². The van der Waals surface area contributed by atoms with Crippen molar-refractivity contribution in [2.24, 2.45) is 23.5 Å². The zero-order chi connectivity index (χ0) is 42.6. The highest BCUT2D eigenvalue weighted by molar-refractivity contribution is 7.90. The summed E-state index contributed by atoms with van der Waals surface area (Å²) < 4.78 is 44.8. The predicted molar refractivity (Wildman–Crippen MR) is 215 cm³/mol. The number of nitrogens with one attached hydrogen (secondary N) is 3. The van der Waals surface area contributed by atoms with Crippen molar-refractivity contribution in [3.05, 3.63) is 29.8 Å². The second kappa shape index (κ2) is 21.8. The van der Waals surface area contributed by atoms with Gasteiger partial charge in [-0.1, -0.05) is 60.1 Å². The molecule has 1 heterocycles. The van der Waals surface area contributed by atoms with Gasteiger partial charge in [0, 0.05) is 40.8 Å². The molecular weight excluding hydrogens is 757 g/mol. The molecule has 5 amide bonds. The summed E-state index contributed by atoms with van der Waals surface area (Å²) in [5.41, 5.74) is 6.82. The lowest BCUT2D eigenvalue weighted by Crippen LogP contribution is -2.56. The molecule has 1 saturated heterocycles. The molecule has 8 atom stereocenters. The van der Waals surface area contributed by atoms with Gasteiger partial charge >= 0.3 is 6.09 Å². The topological polar surface area (TPSA) is 216 Å². The summed E-state index contributed by atoms with van der Waals surface area (Å²) in [4.78, 5) is 70.2. The fraction of sp³-hybridized carbons (Fsp3) is 0.725. The monoisotopic (exact) mass is 822 g/mol. The highest BCUT2D eigenvalue weighted by atomic mass is 32.2. The number of carbonyl (C=O) groups excluding carboxylic acids is 5. The highest BCUT2D eigenvalue weighted by Crippen LogP contribution is 2.30. The van der Waals surface area contributed by atoms with Crippen LogP contribution in [0.3, 0.4) is 0 Å². The number of carbonyl (C=O) groups is 5. The van der Waals surface area contributed by atoms with Crippen molar-refractivity contribution in [3.63, 3.8) is 0 Å². The Balaban J connectivity index is 1.79. The van der Waals surface area contributed by atoms with E-state index in [1.54, 1.807) is 48.0 Å². The van der Waals surface area contributed by atoms with Crippen molar-refractivity contribution in [2.75, 3.05) is 34.4 Å². The van der Waals surface area contributed by atoms with E-state index in [4.69, 9.17) is 19.9 Å². The number of methoxy groups -OCH3 is 2. The minimum Gasteiger partial charge on any atom is -0.410 e. The number of sulfonamides is 1. The summed E-state index contributed by atoms with van der Waals surface area (Å²) in [6.07, 6.45) is 1.51. The molecule has 17 heteroatoms. The molecule has 1 aromatic carbocycles. The van der Waals surface area contributed by atoms with Crippen LogP contribution in [0.15, 0.2) is 24.3 Å². The average Bonchev–Trinajstić information content (AvgIpc) is 3.95. The van der Waals surface area contributed by atoms with Crippen LogP contribution in [-0.4, -0.2) is 124 Å². The maximum absolute atomic E-state index is 14.1. The lowest BCUT2D eigenvalue weighted by molar-refractivity contribution is -0.146. The molecule has 0 unspecified atom stereocenters.